The van der Waals surface area contributed by atoms with Crippen molar-refractivity contribution in [2.24, 2.45) is 0 Å². The highest BCUT2D eigenvalue weighted by atomic mass is 16.5. The Morgan fingerprint density at radius 3 is 2.24 bits per heavy atom. The molecular weight excluding hydrogens is 478 g/mol. The zero-order valence-electron chi connectivity index (χ0n) is 20.6. The Labute approximate surface area is 220 Å². The number of aromatic amines is 1. The molecule has 1 aromatic heterocycles. The van der Waals surface area contributed by atoms with E-state index in [4.69, 9.17) is 9.47 Å². The number of amides is 2. The second-order valence-corrected chi connectivity index (χ2v) is 8.70. The standard InChI is InChI=1S/C31H27N3O4/c35-30(27-12-7-13-28-26(27)18-19-32-28)34-29(21-37-20-22-8-3-1-4-9-22)31(36)33-23-14-16-25(17-15-23)38-24-10-5-2-6-11-24/h1-19,29,32H,20-21H2,(H,33,36)(H,34,35). The van der Waals surface area contributed by atoms with E-state index in [0.717, 1.165) is 22.2 Å². The maximum absolute atomic E-state index is 13.3. The number of rotatable bonds is 10. The second kappa shape index (κ2) is 11.9. The zero-order valence-corrected chi connectivity index (χ0v) is 20.6. The van der Waals surface area contributed by atoms with Crippen molar-refractivity contribution < 1.29 is 19.1 Å². The van der Waals surface area contributed by atoms with E-state index in [9.17, 15) is 9.59 Å². The fourth-order valence-electron chi connectivity index (χ4n) is 4.03. The van der Waals surface area contributed by atoms with Crippen molar-refractivity contribution in [3.8, 4) is 11.5 Å². The molecule has 0 radical (unpaired) electrons. The highest BCUT2D eigenvalue weighted by Crippen LogP contribution is 2.23. The van der Waals surface area contributed by atoms with E-state index in [2.05, 4.69) is 15.6 Å². The fourth-order valence-corrected chi connectivity index (χ4v) is 4.03. The molecule has 1 heterocycles. The van der Waals surface area contributed by atoms with Gasteiger partial charge < -0.3 is 25.1 Å². The highest BCUT2D eigenvalue weighted by Gasteiger charge is 2.23. The predicted octanol–water partition coefficient (Wildman–Crippen LogP) is 5.91. The molecule has 2 amide bonds. The lowest BCUT2D eigenvalue weighted by Gasteiger charge is -2.19. The van der Waals surface area contributed by atoms with Gasteiger partial charge in [-0.15, -0.1) is 0 Å². The number of para-hydroxylation sites is 1. The molecule has 0 aliphatic heterocycles. The Balaban J connectivity index is 1.27. The highest BCUT2D eigenvalue weighted by molar-refractivity contribution is 6.08. The molecule has 5 rings (SSSR count). The number of benzene rings is 4. The van der Waals surface area contributed by atoms with Crippen LogP contribution in [0.5, 0.6) is 11.5 Å². The first kappa shape index (κ1) is 24.8. The van der Waals surface area contributed by atoms with Crippen molar-refractivity contribution >= 4 is 28.4 Å². The average molecular weight is 506 g/mol. The van der Waals surface area contributed by atoms with Crippen LogP contribution >= 0.6 is 0 Å². The SMILES string of the molecule is O=C(NC(COCc1ccccc1)C(=O)Nc1ccc(Oc2ccccc2)cc1)c1cccc2[nH]ccc12. The maximum atomic E-state index is 13.3. The first-order chi connectivity index (χ1) is 18.7. The van der Waals surface area contributed by atoms with E-state index >= 15 is 0 Å². The number of anilines is 1. The molecule has 0 saturated carbocycles. The van der Waals surface area contributed by atoms with Gasteiger partial charge >= 0.3 is 0 Å². The number of nitrogens with one attached hydrogen (secondary N) is 3. The van der Waals surface area contributed by atoms with E-state index in [1.807, 2.05) is 72.8 Å². The molecule has 4 aromatic carbocycles. The lowest BCUT2D eigenvalue weighted by Crippen LogP contribution is -2.46. The van der Waals surface area contributed by atoms with Gasteiger partial charge in [-0.25, -0.2) is 0 Å². The zero-order chi connectivity index (χ0) is 26.2. The minimum absolute atomic E-state index is 0.00474. The molecule has 0 aliphatic rings. The van der Waals surface area contributed by atoms with Crippen LogP contribution in [0.15, 0.2) is 115 Å². The molecule has 7 nitrogen and oxygen atoms in total. The molecule has 0 bridgehead atoms. The van der Waals surface area contributed by atoms with Gasteiger partial charge in [-0.3, -0.25) is 9.59 Å². The van der Waals surface area contributed by atoms with E-state index in [-0.39, 0.29) is 18.4 Å². The van der Waals surface area contributed by atoms with Gasteiger partial charge in [0.1, 0.15) is 17.5 Å². The quantitative estimate of drug-likeness (QED) is 0.220. The van der Waals surface area contributed by atoms with E-state index in [1.165, 1.54) is 0 Å². The van der Waals surface area contributed by atoms with Crippen molar-refractivity contribution in [3.63, 3.8) is 0 Å². The number of fused-ring (bicyclic) bond motifs is 1. The van der Waals surface area contributed by atoms with Crippen LogP contribution in [0.4, 0.5) is 5.69 Å². The third-order valence-corrected chi connectivity index (χ3v) is 5.96. The molecule has 1 atom stereocenters. The number of ether oxygens (including phenoxy) is 2. The maximum Gasteiger partial charge on any atom is 0.252 e. The molecule has 190 valence electrons. The second-order valence-electron chi connectivity index (χ2n) is 8.70. The minimum Gasteiger partial charge on any atom is -0.457 e. The summed E-state index contributed by atoms with van der Waals surface area (Å²) in [7, 11) is 0. The normalized spacial score (nSPS) is 11.6. The number of carbonyl (C=O) groups excluding carboxylic acids is 2. The summed E-state index contributed by atoms with van der Waals surface area (Å²) in [5.74, 6) is 0.625. The molecule has 5 aromatic rings. The summed E-state index contributed by atoms with van der Waals surface area (Å²) in [6.45, 7) is 0.324. The molecule has 0 fully saturated rings. The number of carbonyl (C=O) groups is 2. The third-order valence-electron chi connectivity index (χ3n) is 5.96. The molecule has 1 unspecified atom stereocenters. The van der Waals surface area contributed by atoms with Crippen LogP contribution in [0.2, 0.25) is 0 Å². The van der Waals surface area contributed by atoms with Crippen molar-refractivity contribution in [2.45, 2.75) is 12.6 Å². The topological polar surface area (TPSA) is 92.4 Å². The van der Waals surface area contributed by atoms with E-state index in [1.54, 1.807) is 42.6 Å². The predicted molar refractivity (Wildman–Crippen MR) is 147 cm³/mol. The van der Waals surface area contributed by atoms with Gasteiger partial charge in [-0.1, -0.05) is 54.6 Å². The Bertz CT molecular complexity index is 1500. The van der Waals surface area contributed by atoms with Crippen LogP contribution in [-0.4, -0.2) is 29.4 Å². The van der Waals surface area contributed by atoms with Crippen molar-refractivity contribution in [3.05, 3.63) is 127 Å². The van der Waals surface area contributed by atoms with Crippen LogP contribution in [0.3, 0.4) is 0 Å². The molecule has 0 spiro atoms. The summed E-state index contributed by atoms with van der Waals surface area (Å²) < 4.78 is 11.7. The lowest BCUT2D eigenvalue weighted by atomic mass is 10.1. The van der Waals surface area contributed by atoms with Crippen LogP contribution in [0.25, 0.3) is 10.9 Å². The number of hydrogen-bond donors (Lipinski definition) is 3. The van der Waals surface area contributed by atoms with Crippen molar-refractivity contribution in [1.29, 1.82) is 0 Å². The Hall–Kier alpha value is -4.88. The third kappa shape index (κ3) is 6.27. The number of H-pyrrole nitrogens is 1. The van der Waals surface area contributed by atoms with Crippen LogP contribution < -0.4 is 15.4 Å². The summed E-state index contributed by atoms with van der Waals surface area (Å²) in [5.41, 5.74) is 2.87. The van der Waals surface area contributed by atoms with Crippen LogP contribution in [-0.2, 0) is 16.1 Å². The summed E-state index contributed by atoms with van der Waals surface area (Å²) >= 11 is 0. The molecule has 0 aliphatic carbocycles. The van der Waals surface area contributed by atoms with Crippen molar-refractivity contribution in [1.82, 2.24) is 10.3 Å². The Morgan fingerprint density at radius 1 is 0.763 bits per heavy atom. The van der Waals surface area contributed by atoms with Gasteiger partial charge in [0.25, 0.3) is 5.91 Å². The summed E-state index contributed by atoms with van der Waals surface area (Å²) in [5, 5.41) is 6.51. The van der Waals surface area contributed by atoms with E-state index in [0.29, 0.717) is 23.6 Å². The van der Waals surface area contributed by atoms with Crippen LogP contribution in [0.1, 0.15) is 15.9 Å². The summed E-state index contributed by atoms with van der Waals surface area (Å²) in [4.78, 5) is 29.6. The minimum atomic E-state index is -0.916. The average Bonchev–Trinajstić information content (AvgIpc) is 3.44. The van der Waals surface area contributed by atoms with Crippen LogP contribution in [0, 0.1) is 0 Å². The monoisotopic (exact) mass is 505 g/mol. The molecule has 7 heteroatoms. The Kier molecular flexibility index (Phi) is 7.77. The van der Waals surface area contributed by atoms with Gasteiger partial charge in [-0.05, 0) is 60.2 Å². The van der Waals surface area contributed by atoms with Gasteiger partial charge in [0, 0.05) is 28.4 Å². The Morgan fingerprint density at radius 2 is 1.47 bits per heavy atom. The molecule has 3 N–H and O–H groups in total. The lowest BCUT2D eigenvalue weighted by molar-refractivity contribution is -0.119. The van der Waals surface area contributed by atoms with E-state index < -0.39 is 6.04 Å². The van der Waals surface area contributed by atoms with Gasteiger partial charge in [-0.2, -0.15) is 0 Å². The number of hydrogen-bond acceptors (Lipinski definition) is 4. The smallest absolute Gasteiger partial charge is 0.252 e. The largest absolute Gasteiger partial charge is 0.457 e. The first-order valence-electron chi connectivity index (χ1n) is 12.3. The number of aromatic nitrogens is 1. The van der Waals surface area contributed by atoms with Gasteiger partial charge in [0.05, 0.1) is 13.2 Å². The van der Waals surface area contributed by atoms with Crippen molar-refractivity contribution in [2.75, 3.05) is 11.9 Å². The van der Waals surface area contributed by atoms with Gasteiger partial charge in [0.2, 0.25) is 5.91 Å². The van der Waals surface area contributed by atoms with Gasteiger partial charge in [0.15, 0.2) is 0 Å². The summed E-state index contributed by atoms with van der Waals surface area (Å²) in [6.07, 6.45) is 1.78. The molecule has 0 saturated heterocycles. The molecule has 38 heavy (non-hydrogen) atoms. The fraction of sp³-hybridized carbons (Fsp3) is 0.0968. The molecular formula is C31H27N3O4. The summed E-state index contributed by atoms with van der Waals surface area (Å²) in [6, 6.07) is 32.5. The first-order valence-corrected chi connectivity index (χ1v) is 12.3.